The predicted molar refractivity (Wildman–Crippen MR) is 105 cm³/mol. The summed E-state index contributed by atoms with van der Waals surface area (Å²) >= 11 is 0. The van der Waals surface area contributed by atoms with E-state index in [0.717, 1.165) is 6.54 Å². The van der Waals surface area contributed by atoms with E-state index >= 15 is 0 Å². The quantitative estimate of drug-likeness (QED) is 0.800. The van der Waals surface area contributed by atoms with Crippen molar-refractivity contribution < 1.29 is 14.0 Å². The van der Waals surface area contributed by atoms with Crippen molar-refractivity contribution in [1.29, 1.82) is 0 Å². The van der Waals surface area contributed by atoms with Gasteiger partial charge in [-0.05, 0) is 44.5 Å². The number of carbonyl (C=O) groups excluding carboxylic acids is 2. The molecule has 27 heavy (non-hydrogen) atoms. The lowest BCUT2D eigenvalue weighted by molar-refractivity contribution is -0.126. The molecule has 1 aromatic rings. The van der Waals surface area contributed by atoms with E-state index in [9.17, 15) is 14.0 Å². The Morgan fingerprint density at radius 2 is 1.85 bits per heavy atom. The van der Waals surface area contributed by atoms with Gasteiger partial charge in [0.25, 0.3) is 0 Å². The zero-order valence-electron chi connectivity index (χ0n) is 16.7. The molecule has 0 atom stereocenters. The van der Waals surface area contributed by atoms with Gasteiger partial charge in [0.05, 0.1) is 5.69 Å². The summed E-state index contributed by atoms with van der Waals surface area (Å²) in [6.45, 7) is 6.74. The largest absolute Gasteiger partial charge is 0.355 e. The summed E-state index contributed by atoms with van der Waals surface area (Å²) in [6, 6.07) is 5.76. The molecule has 6 nitrogen and oxygen atoms in total. The maximum Gasteiger partial charge on any atom is 0.321 e. The van der Waals surface area contributed by atoms with Gasteiger partial charge in [0.2, 0.25) is 5.91 Å². The number of carbonyl (C=O) groups is 2. The number of nitrogens with zero attached hydrogens (tertiary/aromatic N) is 2. The van der Waals surface area contributed by atoms with Crippen LogP contribution in [-0.2, 0) is 4.79 Å². The maximum atomic E-state index is 13.7. The van der Waals surface area contributed by atoms with Gasteiger partial charge in [-0.3, -0.25) is 4.79 Å². The summed E-state index contributed by atoms with van der Waals surface area (Å²) in [5.41, 5.74) is 0.171. The van der Waals surface area contributed by atoms with Crippen LogP contribution >= 0.6 is 0 Å². The van der Waals surface area contributed by atoms with Gasteiger partial charge in [-0.25, -0.2) is 9.18 Å². The molecule has 3 amide bonds. The first-order valence-corrected chi connectivity index (χ1v) is 9.41. The van der Waals surface area contributed by atoms with E-state index < -0.39 is 5.82 Å². The van der Waals surface area contributed by atoms with Crippen molar-refractivity contribution in [3.8, 4) is 0 Å². The highest BCUT2D eigenvalue weighted by Crippen LogP contribution is 2.20. The summed E-state index contributed by atoms with van der Waals surface area (Å²) in [4.78, 5) is 28.5. The molecule has 7 heteroatoms. The lowest BCUT2D eigenvalue weighted by Gasteiger charge is -2.33. The van der Waals surface area contributed by atoms with E-state index in [1.807, 2.05) is 14.1 Å². The maximum absolute atomic E-state index is 13.7. The van der Waals surface area contributed by atoms with Gasteiger partial charge in [0.1, 0.15) is 5.82 Å². The minimum absolute atomic E-state index is 0.000491. The van der Waals surface area contributed by atoms with Gasteiger partial charge in [-0.2, -0.15) is 0 Å². The highest BCUT2D eigenvalue weighted by Gasteiger charge is 2.29. The van der Waals surface area contributed by atoms with Crippen LogP contribution in [0.4, 0.5) is 14.9 Å². The van der Waals surface area contributed by atoms with Crippen LogP contribution in [0.5, 0.6) is 0 Å². The first-order chi connectivity index (χ1) is 12.7. The number of likely N-dealkylation sites (tertiary alicyclic amines) is 1. The Morgan fingerprint density at radius 1 is 1.22 bits per heavy atom. The van der Waals surface area contributed by atoms with Crippen molar-refractivity contribution in [2.45, 2.75) is 26.7 Å². The number of piperidine rings is 1. The SMILES string of the molecule is CN(C)CC(C)(C)CNC(=O)C1CCN(C(=O)Nc2ccccc2F)CC1. The van der Waals surface area contributed by atoms with Gasteiger partial charge in [0.15, 0.2) is 0 Å². The molecule has 1 fully saturated rings. The minimum Gasteiger partial charge on any atom is -0.355 e. The highest BCUT2D eigenvalue weighted by atomic mass is 19.1. The molecule has 2 N–H and O–H groups in total. The Labute approximate surface area is 161 Å². The monoisotopic (exact) mass is 378 g/mol. The molecule has 1 saturated heterocycles. The van der Waals surface area contributed by atoms with Gasteiger partial charge < -0.3 is 20.4 Å². The number of para-hydroxylation sites is 1. The van der Waals surface area contributed by atoms with Crippen LogP contribution in [0, 0.1) is 17.2 Å². The molecule has 1 aromatic carbocycles. The number of rotatable bonds is 6. The van der Waals surface area contributed by atoms with Gasteiger partial charge in [0, 0.05) is 32.1 Å². The number of halogens is 1. The van der Waals surface area contributed by atoms with E-state index in [2.05, 4.69) is 29.4 Å². The second-order valence-electron chi connectivity index (χ2n) is 8.29. The Bertz CT molecular complexity index is 655. The van der Waals surface area contributed by atoms with Crippen molar-refractivity contribution in [2.24, 2.45) is 11.3 Å². The van der Waals surface area contributed by atoms with Crippen LogP contribution < -0.4 is 10.6 Å². The fourth-order valence-corrected chi connectivity index (χ4v) is 3.48. The van der Waals surface area contributed by atoms with Crippen LogP contribution in [0.3, 0.4) is 0 Å². The Balaban J connectivity index is 1.78. The van der Waals surface area contributed by atoms with Crippen LogP contribution in [0.15, 0.2) is 24.3 Å². The van der Waals surface area contributed by atoms with E-state index in [1.165, 1.54) is 12.1 Å². The van der Waals surface area contributed by atoms with Crippen LogP contribution in [0.2, 0.25) is 0 Å². The molecule has 0 unspecified atom stereocenters. The molecule has 0 saturated carbocycles. The van der Waals surface area contributed by atoms with Crippen molar-refractivity contribution in [2.75, 3.05) is 45.6 Å². The lowest BCUT2D eigenvalue weighted by atomic mass is 9.91. The second kappa shape index (κ2) is 9.17. The number of hydrogen-bond acceptors (Lipinski definition) is 3. The number of urea groups is 1. The van der Waals surface area contributed by atoms with E-state index in [0.29, 0.717) is 32.5 Å². The minimum atomic E-state index is -0.458. The number of hydrogen-bond donors (Lipinski definition) is 2. The van der Waals surface area contributed by atoms with E-state index in [-0.39, 0.29) is 29.0 Å². The molecule has 0 aromatic heterocycles. The highest BCUT2D eigenvalue weighted by molar-refractivity contribution is 5.89. The van der Waals surface area contributed by atoms with E-state index in [1.54, 1.807) is 17.0 Å². The molecule has 0 bridgehead atoms. The third-order valence-electron chi connectivity index (χ3n) is 4.75. The predicted octanol–water partition coefficient (Wildman–Crippen LogP) is 2.77. The van der Waals surface area contributed by atoms with Crippen LogP contribution in [0.1, 0.15) is 26.7 Å². The molecule has 1 heterocycles. The van der Waals surface area contributed by atoms with Crippen molar-refractivity contribution >= 4 is 17.6 Å². The topological polar surface area (TPSA) is 64.7 Å². The first kappa shape index (κ1) is 21.2. The molecule has 0 spiro atoms. The molecule has 150 valence electrons. The lowest BCUT2D eigenvalue weighted by Crippen LogP contribution is -2.46. The molecule has 2 rings (SSSR count). The van der Waals surface area contributed by atoms with Crippen LogP contribution in [-0.4, -0.2) is 62.0 Å². The van der Waals surface area contributed by atoms with Crippen molar-refractivity contribution in [3.05, 3.63) is 30.1 Å². The first-order valence-electron chi connectivity index (χ1n) is 9.41. The van der Waals surface area contributed by atoms with Gasteiger partial charge >= 0.3 is 6.03 Å². The summed E-state index contributed by atoms with van der Waals surface area (Å²) in [7, 11) is 4.04. The normalized spacial score (nSPS) is 15.7. The third kappa shape index (κ3) is 6.50. The van der Waals surface area contributed by atoms with Gasteiger partial charge in [-0.15, -0.1) is 0 Å². The Kier molecular flexibility index (Phi) is 7.18. The van der Waals surface area contributed by atoms with Crippen molar-refractivity contribution in [1.82, 2.24) is 15.1 Å². The summed E-state index contributed by atoms with van der Waals surface area (Å²) in [5, 5.41) is 5.65. The number of amides is 3. The smallest absolute Gasteiger partial charge is 0.321 e. The Hall–Kier alpha value is -2.15. The molecule has 1 aliphatic rings. The summed E-state index contributed by atoms with van der Waals surface area (Å²) in [6.07, 6.45) is 1.23. The Morgan fingerprint density at radius 3 is 2.44 bits per heavy atom. The zero-order valence-corrected chi connectivity index (χ0v) is 16.7. The number of benzene rings is 1. The third-order valence-corrected chi connectivity index (χ3v) is 4.75. The fourth-order valence-electron chi connectivity index (χ4n) is 3.48. The number of anilines is 1. The summed E-state index contributed by atoms with van der Waals surface area (Å²) < 4.78 is 13.7. The summed E-state index contributed by atoms with van der Waals surface area (Å²) in [5.74, 6) is -0.492. The zero-order chi connectivity index (χ0) is 20.0. The van der Waals surface area contributed by atoms with E-state index in [4.69, 9.17) is 0 Å². The van der Waals surface area contributed by atoms with Gasteiger partial charge in [-0.1, -0.05) is 26.0 Å². The molecule has 0 radical (unpaired) electrons. The van der Waals surface area contributed by atoms with Crippen molar-refractivity contribution in [3.63, 3.8) is 0 Å². The second-order valence-corrected chi connectivity index (χ2v) is 8.29. The molecular weight excluding hydrogens is 347 g/mol. The average Bonchev–Trinajstić information content (AvgIpc) is 2.61. The fraction of sp³-hybridized carbons (Fsp3) is 0.600. The average molecular weight is 378 g/mol. The van der Waals surface area contributed by atoms with Crippen LogP contribution in [0.25, 0.3) is 0 Å². The molecule has 1 aliphatic heterocycles. The molecular formula is C20H31FN4O2. The number of nitrogens with one attached hydrogen (secondary N) is 2. The molecule has 0 aliphatic carbocycles. The standard InChI is InChI=1S/C20H31FN4O2/c1-20(2,14-24(3)4)13-22-18(26)15-9-11-25(12-10-15)19(27)23-17-8-6-5-7-16(17)21/h5-8,15H,9-14H2,1-4H3,(H,22,26)(H,23,27).